The van der Waals surface area contributed by atoms with Crippen LogP contribution in [0.2, 0.25) is 0 Å². The number of hydrogen-bond acceptors (Lipinski definition) is 10. The normalized spacial score (nSPS) is 63.5. The number of rotatable bonds is 1. The number of aliphatic hydroxyl groups is 6. The van der Waals surface area contributed by atoms with E-state index in [1.54, 1.807) is 6.92 Å². The van der Waals surface area contributed by atoms with Gasteiger partial charge in [-0.25, -0.2) is 0 Å². The van der Waals surface area contributed by atoms with Crippen molar-refractivity contribution in [3.8, 4) is 0 Å². The molecule has 220 valence electrons. The molecule has 3 heterocycles. The molecule has 0 unspecified atom stereocenters. The Morgan fingerprint density at radius 3 is 2.31 bits per heavy atom. The quantitative estimate of drug-likeness (QED) is 0.246. The molecule has 7 rings (SSSR count). The van der Waals surface area contributed by atoms with Gasteiger partial charge in [-0.15, -0.1) is 0 Å². The number of hydrogen-bond donors (Lipinski definition) is 6. The van der Waals surface area contributed by atoms with E-state index in [0.717, 1.165) is 6.42 Å². The number of ether oxygens (including phenoxy) is 2. The van der Waals surface area contributed by atoms with Crippen molar-refractivity contribution in [2.24, 2.45) is 29.1 Å². The van der Waals surface area contributed by atoms with Crippen molar-refractivity contribution in [2.75, 3.05) is 13.1 Å². The standard InChI is InChI=1S/C29H45NO9/c1-15-5-8-20-24(4,33)28(36)19(13-30(20)12-15)26(35)14-27-18(25(26,34)11-21(28)32)7-6-17-23(27,3)10-9-22(38-16(2)31)29(17,37)39-27/h15,17-22,32-37H,5-14H2,1-4H3/t15-,17-,18-,19-,20-,21-,22+,23-,24+,25+,26+,27-,28-,29+/m0/s1. The first kappa shape index (κ1) is 27.0. The van der Waals surface area contributed by atoms with Crippen molar-refractivity contribution < 1.29 is 44.9 Å². The number of piperidine rings is 2. The molecule has 1 spiro atoms. The summed E-state index contributed by atoms with van der Waals surface area (Å²) in [5.41, 5.74) is -9.28. The van der Waals surface area contributed by atoms with E-state index < -0.39 is 69.2 Å². The van der Waals surface area contributed by atoms with E-state index in [1.165, 1.54) is 6.92 Å². The van der Waals surface area contributed by atoms with E-state index in [0.29, 0.717) is 44.6 Å². The molecule has 0 aromatic carbocycles. The molecule has 10 heteroatoms. The lowest BCUT2D eigenvalue weighted by molar-refractivity contribution is -0.354. The molecular formula is C29H45NO9. The molecule has 0 amide bonds. The zero-order valence-corrected chi connectivity index (χ0v) is 23.5. The summed E-state index contributed by atoms with van der Waals surface area (Å²) in [6, 6.07) is -0.379. The Bertz CT molecular complexity index is 1100. The van der Waals surface area contributed by atoms with Crippen LogP contribution >= 0.6 is 0 Å². The Morgan fingerprint density at radius 2 is 1.62 bits per heavy atom. The minimum absolute atomic E-state index is 0.0485. The van der Waals surface area contributed by atoms with Gasteiger partial charge >= 0.3 is 5.97 Å². The van der Waals surface area contributed by atoms with Crippen LogP contribution in [0.25, 0.3) is 0 Å². The van der Waals surface area contributed by atoms with E-state index in [9.17, 15) is 35.4 Å². The zero-order chi connectivity index (χ0) is 28.2. The molecule has 3 aliphatic heterocycles. The molecule has 0 aromatic rings. The van der Waals surface area contributed by atoms with Gasteiger partial charge in [0.15, 0.2) is 6.10 Å². The predicted octanol–water partition coefficient (Wildman–Crippen LogP) is 0.0449. The fraction of sp³-hybridized carbons (Fsp3) is 0.966. The van der Waals surface area contributed by atoms with Crippen LogP contribution in [0.3, 0.4) is 0 Å². The Balaban J connectivity index is 1.36. The molecule has 4 aliphatic carbocycles. The Morgan fingerprint density at radius 1 is 0.923 bits per heavy atom. The number of esters is 1. The second kappa shape index (κ2) is 7.56. The summed E-state index contributed by atoms with van der Waals surface area (Å²) in [5.74, 6) is -3.93. The van der Waals surface area contributed by atoms with Crippen LogP contribution in [-0.2, 0) is 14.3 Å². The van der Waals surface area contributed by atoms with Gasteiger partial charge in [0.2, 0.25) is 5.79 Å². The minimum Gasteiger partial charge on any atom is -0.457 e. The van der Waals surface area contributed by atoms with E-state index >= 15 is 0 Å². The third-order valence-corrected chi connectivity index (χ3v) is 13.4. The van der Waals surface area contributed by atoms with Crippen LogP contribution in [0, 0.1) is 29.1 Å². The molecule has 0 aromatic heterocycles. The Labute approximate surface area is 229 Å². The summed E-state index contributed by atoms with van der Waals surface area (Å²) in [6.07, 6.45) is 0.797. The SMILES string of the molecule is CC(=O)O[C@@H]1CC[C@@]2(C)[C@@H]3CC[C@H]4[C@]5(O)C[C@H](O)[C@@]6(O)[C@@H](CN7C[C@@H](C)CC[C@H]7[C@@]6(C)O)[C@]5(O)C[C@]42O[C@]31O. The van der Waals surface area contributed by atoms with Crippen molar-refractivity contribution in [3.63, 3.8) is 0 Å². The average Bonchev–Trinajstić information content (AvgIpc) is 3.01. The zero-order valence-electron chi connectivity index (χ0n) is 23.5. The van der Waals surface area contributed by atoms with Crippen LogP contribution in [-0.4, -0.2) is 107 Å². The maximum absolute atomic E-state index is 12.8. The first-order valence-corrected chi connectivity index (χ1v) is 14.9. The van der Waals surface area contributed by atoms with Crippen LogP contribution in [0.1, 0.15) is 79.1 Å². The van der Waals surface area contributed by atoms with Crippen LogP contribution < -0.4 is 0 Å². The van der Waals surface area contributed by atoms with Crippen molar-refractivity contribution in [1.29, 1.82) is 0 Å². The molecule has 14 atom stereocenters. The summed E-state index contributed by atoms with van der Waals surface area (Å²) >= 11 is 0. The van der Waals surface area contributed by atoms with E-state index in [2.05, 4.69) is 11.8 Å². The topological polar surface area (TPSA) is 160 Å². The van der Waals surface area contributed by atoms with Crippen molar-refractivity contribution in [2.45, 2.75) is 131 Å². The summed E-state index contributed by atoms with van der Waals surface area (Å²) in [7, 11) is 0. The number of aliphatic hydroxyl groups excluding tert-OH is 1. The molecule has 3 saturated heterocycles. The van der Waals surface area contributed by atoms with Gasteiger partial charge in [0.05, 0.1) is 11.7 Å². The molecule has 6 N–H and O–H groups in total. The summed E-state index contributed by atoms with van der Waals surface area (Å²) in [5, 5.41) is 73.3. The van der Waals surface area contributed by atoms with Crippen LogP contribution in [0.5, 0.6) is 0 Å². The molecule has 4 saturated carbocycles. The third kappa shape index (κ3) is 2.75. The minimum atomic E-state index is -2.05. The molecular weight excluding hydrogens is 506 g/mol. The number of fused-ring (bicyclic) bond motifs is 5. The van der Waals surface area contributed by atoms with Gasteiger partial charge in [0.1, 0.15) is 22.4 Å². The largest absolute Gasteiger partial charge is 0.457 e. The fourth-order valence-corrected chi connectivity index (χ4v) is 11.6. The van der Waals surface area contributed by atoms with Gasteiger partial charge in [-0.3, -0.25) is 9.69 Å². The van der Waals surface area contributed by atoms with E-state index in [4.69, 9.17) is 9.47 Å². The second-order valence-corrected chi connectivity index (χ2v) is 14.9. The van der Waals surface area contributed by atoms with Gasteiger partial charge in [0, 0.05) is 62.1 Å². The van der Waals surface area contributed by atoms with Crippen molar-refractivity contribution in [3.05, 3.63) is 0 Å². The highest BCUT2D eigenvalue weighted by Crippen LogP contribution is 2.78. The monoisotopic (exact) mass is 551 g/mol. The van der Waals surface area contributed by atoms with Crippen LogP contribution in [0.4, 0.5) is 0 Å². The predicted molar refractivity (Wildman–Crippen MR) is 136 cm³/mol. The number of nitrogens with zero attached hydrogens (tertiary/aromatic N) is 1. The third-order valence-electron chi connectivity index (χ3n) is 13.4. The molecule has 7 fully saturated rings. The Kier molecular flexibility index (Phi) is 5.23. The lowest BCUT2D eigenvalue weighted by Gasteiger charge is -2.68. The molecule has 39 heavy (non-hydrogen) atoms. The fourth-order valence-electron chi connectivity index (χ4n) is 11.6. The molecule has 4 bridgehead atoms. The summed E-state index contributed by atoms with van der Waals surface area (Å²) in [6.45, 7) is 7.96. The molecule has 0 radical (unpaired) electrons. The summed E-state index contributed by atoms with van der Waals surface area (Å²) in [4.78, 5) is 14.0. The highest BCUT2D eigenvalue weighted by atomic mass is 16.7. The lowest BCUT2D eigenvalue weighted by atomic mass is 9.49. The average molecular weight is 552 g/mol. The Hall–Kier alpha value is -0.850. The number of carbonyl (C=O) groups excluding carboxylic acids is 1. The van der Waals surface area contributed by atoms with Crippen LogP contribution in [0.15, 0.2) is 0 Å². The smallest absolute Gasteiger partial charge is 0.303 e. The number of carbonyl (C=O) groups is 1. The maximum atomic E-state index is 12.8. The maximum Gasteiger partial charge on any atom is 0.303 e. The highest BCUT2D eigenvalue weighted by Gasteiger charge is 2.88. The van der Waals surface area contributed by atoms with Crippen molar-refractivity contribution >= 4 is 5.97 Å². The first-order valence-electron chi connectivity index (χ1n) is 14.9. The first-order chi connectivity index (χ1) is 18.0. The van der Waals surface area contributed by atoms with E-state index in [1.807, 2.05) is 6.92 Å². The van der Waals surface area contributed by atoms with E-state index in [-0.39, 0.29) is 31.3 Å². The lowest BCUT2D eigenvalue weighted by Crippen LogP contribution is -2.85. The van der Waals surface area contributed by atoms with Crippen molar-refractivity contribution in [1.82, 2.24) is 4.90 Å². The van der Waals surface area contributed by atoms with Gasteiger partial charge in [-0.1, -0.05) is 13.8 Å². The molecule has 7 aliphatic rings. The van der Waals surface area contributed by atoms with Gasteiger partial charge in [-0.2, -0.15) is 0 Å². The summed E-state index contributed by atoms with van der Waals surface area (Å²) < 4.78 is 12.2. The van der Waals surface area contributed by atoms with Gasteiger partial charge in [-0.05, 0) is 51.4 Å². The molecule has 10 nitrogen and oxygen atoms in total. The van der Waals surface area contributed by atoms with Gasteiger partial charge < -0.3 is 40.1 Å². The highest BCUT2D eigenvalue weighted by molar-refractivity contribution is 5.66. The second-order valence-electron chi connectivity index (χ2n) is 14.9. The van der Waals surface area contributed by atoms with Gasteiger partial charge in [0.25, 0.3) is 0 Å².